The Morgan fingerprint density at radius 2 is 1.52 bits per heavy atom. The predicted octanol–water partition coefficient (Wildman–Crippen LogP) is 6.45. The number of amides is 1. The number of hydrogen-bond acceptors (Lipinski definition) is 13. The molecule has 2 atom stereocenters. The van der Waals surface area contributed by atoms with Gasteiger partial charge in [-0.2, -0.15) is 19.7 Å². The Labute approximate surface area is 307 Å². The van der Waals surface area contributed by atoms with Crippen LogP contribution in [0.15, 0.2) is 24.5 Å². The van der Waals surface area contributed by atoms with Gasteiger partial charge in [-0.3, -0.25) is 9.88 Å². The van der Waals surface area contributed by atoms with Gasteiger partial charge in [0.1, 0.15) is 40.6 Å². The van der Waals surface area contributed by atoms with Crippen molar-refractivity contribution in [1.29, 1.82) is 0 Å². The molecular weight excluding hydrogens is 722 g/mol. The number of anilines is 1. The number of piperazine rings is 1. The molecule has 2 saturated heterocycles. The highest BCUT2D eigenvalue weighted by Crippen LogP contribution is 2.43. The minimum absolute atomic E-state index is 0.00553. The normalized spacial score (nSPS) is 17.8. The van der Waals surface area contributed by atoms with Crippen molar-refractivity contribution in [2.45, 2.75) is 90.3 Å². The monoisotopic (exact) mass is 763 g/mol. The average Bonchev–Trinajstić information content (AvgIpc) is 3.61. The number of alkyl halides is 3. The van der Waals surface area contributed by atoms with Crippen molar-refractivity contribution >= 4 is 39.8 Å². The summed E-state index contributed by atoms with van der Waals surface area (Å²) in [5, 5.41) is 4.08. The standard InChI is InChI=1S/C35H41F4N7O8/c1-33(2,3)53-31(47)45-18-9-10-19(45)16-44(15-18)29-21-13-40-28(26(36)27(21)42-30(43-29)51-17-24(49-7)50-8)25-20-14-41-46(32(48)54-34(4,5)6)22(20)11-12-23(25)52-35(37,38)39/h11-14,18-19,24H,9-10,15-17H2,1-8H3. The van der Waals surface area contributed by atoms with Crippen molar-refractivity contribution in [3.8, 4) is 23.0 Å². The third kappa shape index (κ3) is 8.06. The number of rotatable bonds is 8. The van der Waals surface area contributed by atoms with Crippen LogP contribution in [0, 0.1) is 5.82 Å². The van der Waals surface area contributed by atoms with Crippen LogP contribution in [-0.4, -0.2) is 112 Å². The fourth-order valence-corrected chi connectivity index (χ4v) is 6.55. The number of aromatic nitrogens is 5. The number of pyridine rings is 1. The van der Waals surface area contributed by atoms with Crippen LogP contribution in [0.5, 0.6) is 11.8 Å². The van der Waals surface area contributed by atoms with E-state index in [1.54, 1.807) is 46.4 Å². The number of ether oxygens (including phenoxy) is 6. The van der Waals surface area contributed by atoms with Crippen molar-refractivity contribution in [1.82, 2.24) is 29.6 Å². The van der Waals surface area contributed by atoms with Gasteiger partial charge in [0.2, 0.25) is 0 Å². The largest absolute Gasteiger partial charge is 0.573 e. The summed E-state index contributed by atoms with van der Waals surface area (Å²) in [6.07, 6.45) is -3.63. The molecule has 2 fully saturated rings. The third-order valence-corrected chi connectivity index (χ3v) is 8.65. The van der Waals surface area contributed by atoms with Crippen LogP contribution in [0.4, 0.5) is 33.0 Å². The lowest BCUT2D eigenvalue weighted by atomic mass is 10.0. The second-order valence-corrected chi connectivity index (χ2v) is 14.9. The zero-order chi connectivity index (χ0) is 39.3. The Morgan fingerprint density at radius 1 is 0.889 bits per heavy atom. The molecule has 1 aromatic carbocycles. The molecule has 2 unspecified atom stereocenters. The lowest BCUT2D eigenvalue weighted by Gasteiger charge is -2.42. The highest BCUT2D eigenvalue weighted by atomic mass is 19.4. The predicted molar refractivity (Wildman–Crippen MR) is 185 cm³/mol. The number of fused-ring (bicyclic) bond motifs is 4. The van der Waals surface area contributed by atoms with E-state index in [-0.39, 0.29) is 52.3 Å². The van der Waals surface area contributed by atoms with Gasteiger partial charge in [0, 0.05) is 38.9 Å². The van der Waals surface area contributed by atoms with Crippen molar-refractivity contribution in [3.05, 3.63) is 30.3 Å². The molecule has 4 aromatic rings. The van der Waals surface area contributed by atoms with Crippen molar-refractivity contribution < 1.29 is 55.6 Å². The van der Waals surface area contributed by atoms with Gasteiger partial charge in [-0.15, -0.1) is 13.2 Å². The van der Waals surface area contributed by atoms with Crippen LogP contribution in [0.25, 0.3) is 33.1 Å². The Balaban J connectivity index is 1.48. The first kappa shape index (κ1) is 38.7. The molecule has 6 rings (SSSR count). The van der Waals surface area contributed by atoms with Crippen LogP contribution in [0.3, 0.4) is 0 Å². The quantitative estimate of drug-likeness (QED) is 0.143. The summed E-state index contributed by atoms with van der Waals surface area (Å²) < 4.78 is 90.7. The Bertz CT molecular complexity index is 2050. The second kappa shape index (κ2) is 14.3. The lowest BCUT2D eigenvalue weighted by molar-refractivity contribution is -0.274. The van der Waals surface area contributed by atoms with E-state index in [0.717, 1.165) is 16.9 Å². The molecule has 19 heteroatoms. The van der Waals surface area contributed by atoms with E-state index in [0.29, 0.717) is 25.9 Å². The van der Waals surface area contributed by atoms with Gasteiger partial charge in [-0.1, -0.05) is 0 Å². The van der Waals surface area contributed by atoms with E-state index in [4.69, 9.17) is 23.7 Å². The number of halogens is 4. The van der Waals surface area contributed by atoms with E-state index >= 15 is 4.39 Å². The molecule has 0 spiro atoms. The third-order valence-electron chi connectivity index (χ3n) is 8.65. The minimum atomic E-state index is -5.17. The summed E-state index contributed by atoms with van der Waals surface area (Å²) >= 11 is 0. The number of benzene rings is 1. The molecule has 2 bridgehead atoms. The summed E-state index contributed by atoms with van der Waals surface area (Å²) in [4.78, 5) is 43.0. The lowest BCUT2D eigenvalue weighted by Crippen LogP contribution is -2.57. The SMILES string of the molecule is COC(COc1nc(N2CC3CCC(C2)N3C(=O)OC(C)(C)C)c2cnc(-c3c(OC(F)(F)F)ccc4c3cnn4C(=O)OC(C)(C)C)c(F)c2n1)OC. The van der Waals surface area contributed by atoms with Gasteiger partial charge in [-0.25, -0.2) is 14.0 Å². The molecule has 0 saturated carbocycles. The van der Waals surface area contributed by atoms with Gasteiger partial charge < -0.3 is 33.3 Å². The summed E-state index contributed by atoms with van der Waals surface area (Å²) in [7, 11) is 2.79. The van der Waals surface area contributed by atoms with Crippen LogP contribution in [0.1, 0.15) is 54.4 Å². The maximum Gasteiger partial charge on any atom is 0.573 e. The van der Waals surface area contributed by atoms with Gasteiger partial charge in [-0.05, 0) is 66.5 Å². The summed E-state index contributed by atoms with van der Waals surface area (Å²) in [6, 6.07) is 1.33. The zero-order valence-electron chi connectivity index (χ0n) is 31.0. The van der Waals surface area contributed by atoms with Crippen molar-refractivity contribution in [2.24, 2.45) is 0 Å². The van der Waals surface area contributed by atoms with Crippen LogP contribution >= 0.6 is 0 Å². The zero-order valence-corrected chi connectivity index (χ0v) is 31.0. The van der Waals surface area contributed by atoms with Gasteiger partial charge in [0.25, 0.3) is 0 Å². The molecule has 54 heavy (non-hydrogen) atoms. The van der Waals surface area contributed by atoms with E-state index in [2.05, 4.69) is 24.8 Å². The van der Waals surface area contributed by atoms with Crippen molar-refractivity contribution in [2.75, 3.05) is 38.8 Å². The summed E-state index contributed by atoms with van der Waals surface area (Å²) in [5.41, 5.74) is -2.96. The maximum absolute atomic E-state index is 17.0. The van der Waals surface area contributed by atoms with Crippen molar-refractivity contribution in [3.63, 3.8) is 0 Å². The Morgan fingerprint density at radius 3 is 2.11 bits per heavy atom. The first-order chi connectivity index (χ1) is 25.3. The number of methoxy groups -OCH3 is 2. The molecule has 1 amide bonds. The van der Waals surface area contributed by atoms with Gasteiger partial charge in [0.05, 0.1) is 34.7 Å². The highest BCUT2D eigenvalue weighted by Gasteiger charge is 2.45. The minimum Gasteiger partial charge on any atom is -0.458 e. The Kier molecular flexibility index (Phi) is 10.3. The highest BCUT2D eigenvalue weighted by molar-refractivity contribution is 6.02. The molecule has 15 nitrogen and oxygen atoms in total. The maximum atomic E-state index is 17.0. The van der Waals surface area contributed by atoms with E-state index in [9.17, 15) is 22.8 Å². The van der Waals surface area contributed by atoms with E-state index < -0.39 is 58.9 Å². The molecule has 3 aromatic heterocycles. The van der Waals surface area contributed by atoms with Crippen LogP contribution < -0.4 is 14.4 Å². The smallest absolute Gasteiger partial charge is 0.458 e. The fraction of sp³-hybridized carbons (Fsp3) is 0.543. The van der Waals surface area contributed by atoms with E-state index in [1.165, 1.54) is 26.5 Å². The molecule has 0 radical (unpaired) electrons. The first-order valence-corrected chi connectivity index (χ1v) is 17.1. The van der Waals surface area contributed by atoms with Crippen LogP contribution in [0.2, 0.25) is 0 Å². The number of nitrogens with zero attached hydrogens (tertiary/aromatic N) is 7. The summed E-state index contributed by atoms with van der Waals surface area (Å²) in [5.74, 6) is -1.70. The molecule has 0 aliphatic carbocycles. The van der Waals surface area contributed by atoms with Gasteiger partial charge in [0.15, 0.2) is 12.1 Å². The molecule has 5 heterocycles. The topological polar surface area (TPSA) is 152 Å². The molecule has 2 aliphatic heterocycles. The number of carbonyl (C=O) groups excluding carboxylic acids is 2. The number of hydrogen-bond donors (Lipinski definition) is 0. The Hall–Kier alpha value is -5.04. The molecule has 2 aliphatic rings. The molecular formula is C35H41F4N7O8. The first-order valence-electron chi connectivity index (χ1n) is 17.1. The van der Waals surface area contributed by atoms with Gasteiger partial charge >= 0.3 is 24.6 Å². The average molecular weight is 764 g/mol. The molecule has 0 N–H and O–H groups in total. The van der Waals surface area contributed by atoms with Crippen LogP contribution in [-0.2, 0) is 18.9 Å². The summed E-state index contributed by atoms with van der Waals surface area (Å²) in [6.45, 7) is 10.7. The number of carbonyl (C=O) groups is 2. The second-order valence-electron chi connectivity index (χ2n) is 14.9. The molecule has 292 valence electrons. The fourth-order valence-electron chi connectivity index (χ4n) is 6.55. The van der Waals surface area contributed by atoms with E-state index in [1.807, 2.05) is 4.90 Å².